The van der Waals surface area contributed by atoms with E-state index >= 15 is 0 Å². The molecule has 7 heteroatoms. The first kappa shape index (κ1) is 16.6. The molecular weight excluding hydrogens is 306 g/mol. The highest BCUT2D eigenvalue weighted by Crippen LogP contribution is 2.33. The number of rotatable bonds is 2. The first-order chi connectivity index (χ1) is 10.1. The predicted molar refractivity (Wildman–Crippen MR) is 85.8 cm³/mol. The van der Waals surface area contributed by atoms with Gasteiger partial charge in [0.2, 0.25) is 0 Å². The molecule has 2 aliphatic rings. The average molecular weight is 326 g/mol. The number of amides is 2. The van der Waals surface area contributed by atoms with E-state index in [1.807, 2.05) is 0 Å². The number of halogens is 1. The maximum absolute atomic E-state index is 12.4. The van der Waals surface area contributed by atoms with Crippen molar-refractivity contribution in [3.05, 3.63) is 23.8 Å². The zero-order chi connectivity index (χ0) is 14.8. The highest BCUT2D eigenvalue weighted by Gasteiger charge is 2.28. The Morgan fingerprint density at radius 1 is 1.41 bits per heavy atom. The summed E-state index contributed by atoms with van der Waals surface area (Å²) in [4.78, 5) is 24.1. The number of nitrogens with one attached hydrogen (secondary N) is 3. The van der Waals surface area contributed by atoms with Crippen molar-refractivity contribution in [2.75, 3.05) is 18.4 Å². The lowest BCUT2D eigenvalue weighted by molar-refractivity contribution is -0.122. The van der Waals surface area contributed by atoms with Crippen LogP contribution in [0, 0.1) is 0 Å². The molecular formula is C15H20ClN3O3. The molecule has 2 heterocycles. The lowest BCUT2D eigenvalue weighted by atomic mass is 10.1. The fraction of sp³-hybridized carbons (Fsp3) is 0.467. The molecule has 22 heavy (non-hydrogen) atoms. The molecule has 3 rings (SSSR count). The van der Waals surface area contributed by atoms with Gasteiger partial charge in [0, 0.05) is 12.6 Å². The van der Waals surface area contributed by atoms with Gasteiger partial charge in [0.1, 0.15) is 0 Å². The molecule has 0 radical (unpaired) electrons. The highest BCUT2D eigenvalue weighted by atomic mass is 35.5. The molecule has 120 valence electrons. The third-order valence-corrected chi connectivity index (χ3v) is 3.81. The van der Waals surface area contributed by atoms with Crippen molar-refractivity contribution in [2.24, 2.45) is 0 Å². The van der Waals surface area contributed by atoms with Crippen LogP contribution in [0.25, 0.3) is 0 Å². The quantitative estimate of drug-likeness (QED) is 0.766. The van der Waals surface area contributed by atoms with Gasteiger partial charge in [-0.25, -0.2) is 0 Å². The fourth-order valence-electron chi connectivity index (χ4n) is 2.64. The summed E-state index contributed by atoms with van der Waals surface area (Å²) < 4.78 is 5.60. The number of hydrogen-bond donors (Lipinski definition) is 3. The Hall–Kier alpha value is -1.79. The molecule has 0 saturated carbocycles. The van der Waals surface area contributed by atoms with E-state index in [4.69, 9.17) is 4.74 Å². The van der Waals surface area contributed by atoms with E-state index in [1.54, 1.807) is 25.1 Å². The smallest absolute Gasteiger partial charge is 0.265 e. The molecule has 2 aliphatic heterocycles. The maximum atomic E-state index is 12.4. The van der Waals surface area contributed by atoms with Gasteiger partial charge in [0.15, 0.2) is 11.9 Å². The summed E-state index contributed by atoms with van der Waals surface area (Å²) in [5.41, 5.74) is 1.01. The van der Waals surface area contributed by atoms with Crippen molar-refractivity contribution in [3.8, 4) is 5.75 Å². The molecule has 1 aromatic rings. The lowest BCUT2D eigenvalue weighted by Gasteiger charge is -2.27. The molecule has 3 N–H and O–H groups in total. The van der Waals surface area contributed by atoms with Gasteiger partial charge in [-0.05, 0) is 38.4 Å². The van der Waals surface area contributed by atoms with Crippen molar-refractivity contribution in [3.63, 3.8) is 0 Å². The van der Waals surface area contributed by atoms with Gasteiger partial charge in [-0.1, -0.05) is 6.07 Å². The van der Waals surface area contributed by atoms with Crippen LogP contribution in [-0.2, 0) is 4.79 Å². The van der Waals surface area contributed by atoms with Crippen molar-refractivity contribution in [2.45, 2.75) is 31.9 Å². The number of piperidine rings is 1. The summed E-state index contributed by atoms with van der Waals surface area (Å²) in [7, 11) is 0. The molecule has 1 saturated heterocycles. The number of benzene rings is 1. The molecule has 0 aliphatic carbocycles. The minimum absolute atomic E-state index is 0. The van der Waals surface area contributed by atoms with Gasteiger partial charge in [-0.15, -0.1) is 12.4 Å². The van der Waals surface area contributed by atoms with E-state index in [2.05, 4.69) is 16.0 Å². The van der Waals surface area contributed by atoms with Crippen LogP contribution in [0.1, 0.15) is 30.1 Å². The van der Waals surface area contributed by atoms with Gasteiger partial charge in [0.05, 0.1) is 11.3 Å². The molecule has 1 unspecified atom stereocenters. The second-order valence-corrected chi connectivity index (χ2v) is 5.45. The molecule has 1 fully saturated rings. The Labute approximate surface area is 135 Å². The normalized spacial score (nSPS) is 23.4. The molecule has 0 spiro atoms. The third kappa shape index (κ3) is 3.34. The van der Waals surface area contributed by atoms with Crippen LogP contribution in [0.15, 0.2) is 18.2 Å². The van der Waals surface area contributed by atoms with Crippen LogP contribution in [0.5, 0.6) is 5.75 Å². The van der Waals surface area contributed by atoms with Crippen LogP contribution in [-0.4, -0.2) is 37.0 Å². The first-order valence-corrected chi connectivity index (χ1v) is 7.27. The molecule has 2 amide bonds. The Morgan fingerprint density at radius 3 is 2.95 bits per heavy atom. The SMILES string of the molecule is CC1Oc2c(cccc2C(=O)N[C@H]2CCCNC2)NC1=O.Cl. The number of carbonyl (C=O) groups is 2. The summed E-state index contributed by atoms with van der Waals surface area (Å²) in [5.74, 6) is 0.0892. The van der Waals surface area contributed by atoms with Gasteiger partial charge in [-0.3, -0.25) is 9.59 Å². The second-order valence-electron chi connectivity index (χ2n) is 5.45. The predicted octanol–water partition coefficient (Wildman–Crippen LogP) is 1.31. The summed E-state index contributed by atoms with van der Waals surface area (Å²) in [6.45, 7) is 3.45. The Kier molecular flexibility index (Phi) is 5.26. The summed E-state index contributed by atoms with van der Waals surface area (Å²) in [6, 6.07) is 5.33. The molecule has 0 aromatic heterocycles. The number of anilines is 1. The van der Waals surface area contributed by atoms with Crippen molar-refractivity contribution in [1.82, 2.24) is 10.6 Å². The zero-order valence-electron chi connectivity index (χ0n) is 12.3. The molecule has 2 atom stereocenters. The zero-order valence-corrected chi connectivity index (χ0v) is 13.2. The van der Waals surface area contributed by atoms with Crippen LogP contribution >= 0.6 is 12.4 Å². The largest absolute Gasteiger partial charge is 0.478 e. The summed E-state index contributed by atoms with van der Waals surface area (Å²) in [6.07, 6.45) is 1.44. The van der Waals surface area contributed by atoms with E-state index in [-0.39, 0.29) is 30.3 Å². The van der Waals surface area contributed by atoms with E-state index in [1.165, 1.54) is 0 Å². The fourth-order valence-corrected chi connectivity index (χ4v) is 2.64. The van der Waals surface area contributed by atoms with Crippen molar-refractivity contribution >= 4 is 29.9 Å². The molecule has 0 bridgehead atoms. The van der Waals surface area contributed by atoms with Crippen molar-refractivity contribution < 1.29 is 14.3 Å². The minimum Gasteiger partial charge on any atom is -0.478 e. The van der Waals surface area contributed by atoms with Crippen LogP contribution in [0.3, 0.4) is 0 Å². The number of fused-ring (bicyclic) bond motifs is 1. The first-order valence-electron chi connectivity index (χ1n) is 7.27. The maximum Gasteiger partial charge on any atom is 0.265 e. The minimum atomic E-state index is -0.595. The van der Waals surface area contributed by atoms with E-state index in [0.29, 0.717) is 17.0 Å². The Bertz CT molecular complexity index is 573. The summed E-state index contributed by atoms with van der Waals surface area (Å²) in [5, 5.41) is 9.03. The standard InChI is InChI=1S/C15H19N3O3.ClH/c1-9-14(19)18-12-6-2-5-11(13(12)21-9)15(20)17-10-4-3-7-16-8-10;/h2,5-6,9-10,16H,3-4,7-8H2,1H3,(H,17,20)(H,18,19);1H/t9?,10-;/m0./s1. The number of hydrogen-bond acceptors (Lipinski definition) is 4. The topological polar surface area (TPSA) is 79.5 Å². The van der Waals surface area contributed by atoms with Crippen LogP contribution in [0.2, 0.25) is 0 Å². The van der Waals surface area contributed by atoms with E-state index in [0.717, 1.165) is 25.9 Å². The lowest BCUT2D eigenvalue weighted by Crippen LogP contribution is -2.46. The van der Waals surface area contributed by atoms with E-state index < -0.39 is 6.10 Å². The van der Waals surface area contributed by atoms with Gasteiger partial charge < -0.3 is 20.7 Å². The number of carbonyl (C=O) groups excluding carboxylic acids is 2. The third-order valence-electron chi connectivity index (χ3n) is 3.81. The number of ether oxygens (including phenoxy) is 1. The van der Waals surface area contributed by atoms with E-state index in [9.17, 15) is 9.59 Å². The monoisotopic (exact) mass is 325 g/mol. The Morgan fingerprint density at radius 2 is 2.23 bits per heavy atom. The second kappa shape index (κ2) is 6.98. The van der Waals surface area contributed by atoms with Crippen LogP contribution < -0.4 is 20.7 Å². The van der Waals surface area contributed by atoms with Gasteiger partial charge in [0.25, 0.3) is 11.8 Å². The van der Waals surface area contributed by atoms with Gasteiger partial charge >= 0.3 is 0 Å². The van der Waals surface area contributed by atoms with Crippen LogP contribution in [0.4, 0.5) is 5.69 Å². The Balaban J connectivity index is 0.00000176. The summed E-state index contributed by atoms with van der Waals surface area (Å²) >= 11 is 0. The highest BCUT2D eigenvalue weighted by molar-refractivity contribution is 6.04. The average Bonchev–Trinajstić information content (AvgIpc) is 2.49. The number of para-hydroxylation sites is 1. The van der Waals surface area contributed by atoms with Gasteiger partial charge in [-0.2, -0.15) is 0 Å². The molecule has 6 nitrogen and oxygen atoms in total. The van der Waals surface area contributed by atoms with Crippen molar-refractivity contribution in [1.29, 1.82) is 0 Å². The molecule has 1 aromatic carbocycles.